The summed E-state index contributed by atoms with van der Waals surface area (Å²) in [5.74, 6) is 0.688. The Morgan fingerprint density at radius 3 is 3.05 bits per heavy atom. The second kappa shape index (κ2) is 5.70. The van der Waals surface area contributed by atoms with Crippen molar-refractivity contribution in [1.29, 1.82) is 5.26 Å². The highest BCUT2D eigenvalue weighted by atomic mass is 15.3. The molecule has 2 aromatic heterocycles. The van der Waals surface area contributed by atoms with Gasteiger partial charge in [0.15, 0.2) is 0 Å². The smallest absolute Gasteiger partial charge is 0.144 e. The lowest BCUT2D eigenvalue weighted by Gasteiger charge is -2.17. The van der Waals surface area contributed by atoms with Crippen LogP contribution in [-0.4, -0.2) is 26.3 Å². The SMILES string of the molecule is N#Cc1cc2c(nc1NCCn1cncn1)CCCC2. The monoisotopic (exact) mass is 268 g/mol. The molecule has 2 aromatic rings. The largest absolute Gasteiger partial charge is 0.367 e. The Bertz CT molecular complexity index is 626. The van der Waals surface area contributed by atoms with Crippen LogP contribution >= 0.6 is 0 Å². The van der Waals surface area contributed by atoms with Gasteiger partial charge in [-0.25, -0.2) is 9.97 Å². The number of nitrogens with zero attached hydrogens (tertiary/aromatic N) is 5. The van der Waals surface area contributed by atoms with Crippen molar-refractivity contribution in [3.05, 3.63) is 35.5 Å². The van der Waals surface area contributed by atoms with Gasteiger partial charge in [0.2, 0.25) is 0 Å². The first kappa shape index (κ1) is 12.6. The topological polar surface area (TPSA) is 79.4 Å². The number of nitriles is 1. The molecule has 2 heterocycles. The Balaban J connectivity index is 1.73. The van der Waals surface area contributed by atoms with E-state index in [2.05, 4.69) is 26.5 Å². The molecule has 6 nitrogen and oxygen atoms in total. The molecule has 0 aliphatic heterocycles. The van der Waals surface area contributed by atoms with Gasteiger partial charge in [-0.3, -0.25) is 4.68 Å². The first-order chi connectivity index (χ1) is 9.86. The lowest BCUT2D eigenvalue weighted by molar-refractivity contribution is 0.633. The van der Waals surface area contributed by atoms with Crippen LogP contribution in [0.5, 0.6) is 0 Å². The predicted octanol–water partition coefficient (Wildman–Crippen LogP) is 1.54. The van der Waals surface area contributed by atoms with Crippen LogP contribution in [-0.2, 0) is 19.4 Å². The molecular formula is C14H16N6. The van der Waals surface area contributed by atoms with Crippen LogP contribution in [0.1, 0.15) is 29.7 Å². The molecule has 0 saturated carbocycles. The standard InChI is InChI=1S/C14H16N6/c15-8-12-7-11-3-1-2-4-13(11)19-14(12)17-5-6-20-10-16-9-18-20/h7,9-10H,1-6H2,(H,17,19). The highest BCUT2D eigenvalue weighted by Gasteiger charge is 2.14. The number of nitrogens with one attached hydrogen (secondary N) is 1. The zero-order chi connectivity index (χ0) is 13.8. The first-order valence-electron chi connectivity index (χ1n) is 6.86. The summed E-state index contributed by atoms with van der Waals surface area (Å²) in [5.41, 5.74) is 3.00. The van der Waals surface area contributed by atoms with E-state index < -0.39 is 0 Å². The fraction of sp³-hybridized carbons (Fsp3) is 0.429. The van der Waals surface area contributed by atoms with E-state index in [1.54, 1.807) is 11.0 Å². The van der Waals surface area contributed by atoms with E-state index in [1.807, 2.05) is 6.07 Å². The van der Waals surface area contributed by atoms with Gasteiger partial charge in [-0.1, -0.05) is 0 Å². The van der Waals surface area contributed by atoms with Crippen LogP contribution in [0.15, 0.2) is 18.7 Å². The van der Waals surface area contributed by atoms with Crippen molar-refractivity contribution in [2.75, 3.05) is 11.9 Å². The summed E-state index contributed by atoms with van der Waals surface area (Å²) >= 11 is 0. The number of rotatable bonds is 4. The van der Waals surface area contributed by atoms with Gasteiger partial charge in [0, 0.05) is 12.2 Å². The van der Waals surface area contributed by atoms with Crippen molar-refractivity contribution in [2.45, 2.75) is 32.2 Å². The van der Waals surface area contributed by atoms with E-state index in [9.17, 15) is 5.26 Å². The number of aryl methyl sites for hydroxylation is 2. The Hall–Kier alpha value is -2.42. The molecule has 102 valence electrons. The normalized spacial score (nSPS) is 13.6. The van der Waals surface area contributed by atoms with Crippen LogP contribution in [0, 0.1) is 11.3 Å². The lowest BCUT2D eigenvalue weighted by Crippen LogP contribution is -2.15. The van der Waals surface area contributed by atoms with E-state index >= 15 is 0 Å². The van der Waals surface area contributed by atoms with Gasteiger partial charge in [-0.05, 0) is 37.3 Å². The van der Waals surface area contributed by atoms with E-state index in [0.29, 0.717) is 24.5 Å². The highest BCUT2D eigenvalue weighted by molar-refractivity contribution is 5.54. The minimum Gasteiger partial charge on any atom is -0.367 e. The van der Waals surface area contributed by atoms with E-state index in [1.165, 1.54) is 24.7 Å². The number of hydrogen-bond acceptors (Lipinski definition) is 5. The van der Waals surface area contributed by atoms with Gasteiger partial charge < -0.3 is 5.32 Å². The van der Waals surface area contributed by atoms with Gasteiger partial charge >= 0.3 is 0 Å². The van der Waals surface area contributed by atoms with Crippen molar-refractivity contribution >= 4 is 5.82 Å². The van der Waals surface area contributed by atoms with E-state index in [-0.39, 0.29) is 0 Å². The van der Waals surface area contributed by atoms with Crippen molar-refractivity contribution in [3.63, 3.8) is 0 Å². The molecule has 3 rings (SSSR count). The number of anilines is 1. The molecule has 20 heavy (non-hydrogen) atoms. The van der Waals surface area contributed by atoms with Crippen LogP contribution in [0.3, 0.4) is 0 Å². The third-order valence-corrected chi connectivity index (χ3v) is 3.52. The van der Waals surface area contributed by atoms with E-state index in [4.69, 9.17) is 0 Å². The zero-order valence-electron chi connectivity index (χ0n) is 11.2. The molecule has 0 radical (unpaired) electrons. The average Bonchev–Trinajstić information content (AvgIpc) is 3.00. The maximum atomic E-state index is 9.25. The van der Waals surface area contributed by atoms with Crippen molar-refractivity contribution in [3.8, 4) is 6.07 Å². The molecule has 0 fully saturated rings. The molecule has 0 spiro atoms. The van der Waals surface area contributed by atoms with Crippen molar-refractivity contribution in [2.24, 2.45) is 0 Å². The maximum absolute atomic E-state index is 9.25. The van der Waals surface area contributed by atoms with Gasteiger partial charge in [0.25, 0.3) is 0 Å². The van der Waals surface area contributed by atoms with Gasteiger partial charge in [0.1, 0.15) is 24.5 Å². The van der Waals surface area contributed by atoms with Crippen LogP contribution < -0.4 is 5.32 Å². The minimum absolute atomic E-state index is 0.629. The molecule has 1 aliphatic carbocycles. The summed E-state index contributed by atoms with van der Waals surface area (Å²) in [6, 6.07) is 4.22. The zero-order valence-corrected chi connectivity index (χ0v) is 11.2. The minimum atomic E-state index is 0.629. The molecule has 0 atom stereocenters. The Labute approximate surface area is 117 Å². The van der Waals surface area contributed by atoms with Crippen molar-refractivity contribution < 1.29 is 0 Å². The van der Waals surface area contributed by atoms with Gasteiger partial charge in [-0.2, -0.15) is 10.4 Å². The molecule has 6 heteroatoms. The fourth-order valence-electron chi connectivity index (χ4n) is 2.49. The summed E-state index contributed by atoms with van der Waals surface area (Å²) in [6.07, 6.45) is 7.61. The number of pyridine rings is 1. The third-order valence-electron chi connectivity index (χ3n) is 3.52. The van der Waals surface area contributed by atoms with Gasteiger partial charge in [-0.15, -0.1) is 0 Å². The van der Waals surface area contributed by atoms with Crippen LogP contribution in [0.25, 0.3) is 0 Å². The summed E-state index contributed by atoms with van der Waals surface area (Å²) in [7, 11) is 0. The number of aromatic nitrogens is 4. The van der Waals surface area contributed by atoms with Crippen LogP contribution in [0.4, 0.5) is 5.82 Å². The second-order valence-electron chi connectivity index (χ2n) is 4.89. The van der Waals surface area contributed by atoms with Crippen LogP contribution in [0.2, 0.25) is 0 Å². The third kappa shape index (κ3) is 2.62. The Morgan fingerprint density at radius 2 is 2.25 bits per heavy atom. The molecule has 0 aromatic carbocycles. The fourth-order valence-corrected chi connectivity index (χ4v) is 2.49. The van der Waals surface area contributed by atoms with E-state index in [0.717, 1.165) is 18.5 Å². The summed E-state index contributed by atoms with van der Waals surface area (Å²) in [5, 5.41) is 16.5. The van der Waals surface area contributed by atoms with Crippen molar-refractivity contribution in [1.82, 2.24) is 19.7 Å². The Morgan fingerprint density at radius 1 is 1.35 bits per heavy atom. The molecular weight excluding hydrogens is 252 g/mol. The molecule has 1 aliphatic rings. The molecule has 0 amide bonds. The summed E-state index contributed by atoms with van der Waals surface area (Å²) in [4.78, 5) is 8.52. The Kier molecular flexibility index (Phi) is 3.59. The molecule has 0 bridgehead atoms. The average molecular weight is 268 g/mol. The molecule has 0 saturated heterocycles. The maximum Gasteiger partial charge on any atom is 0.144 e. The predicted molar refractivity (Wildman–Crippen MR) is 74.1 cm³/mol. The number of fused-ring (bicyclic) bond motifs is 1. The summed E-state index contributed by atoms with van der Waals surface area (Å²) in [6.45, 7) is 1.37. The quantitative estimate of drug-likeness (QED) is 0.909. The molecule has 1 N–H and O–H groups in total. The van der Waals surface area contributed by atoms with Gasteiger partial charge in [0.05, 0.1) is 12.1 Å². The second-order valence-corrected chi connectivity index (χ2v) is 4.89. The number of hydrogen-bond donors (Lipinski definition) is 1. The summed E-state index contributed by atoms with van der Waals surface area (Å²) < 4.78 is 1.75. The lowest BCUT2D eigenvalue weighted by atomic mass is 9.95. The molecule has 0 unspecified atom stereocenters. The highest BCUT2D eigenvalue weighted by Crippen LogP contribution is 2.24. The first-order valence-corrected chi connectivity index (χ1v) is 6.86.